The van der Waals surface area contributed by atoms with Crippen molar-refractivity contribution in [1.82, 2.24) is 0 Å². The van der Waals surface area contributed by atoms with Crippen molar-refractivity contribution in [1.29, 1.82) is 0 Å². The van der Waals surface area contributed by atoms with E-state index < -0.39 is 5.82 Å². The van der Waals surface area contributed by atoms with Crippen LogP contribution in [0.3, 0.4) is 0 Å². The average Bonchev–Trinajstić information content (AvgIpc) is 2.19. The molecule has 16 heavy (non-hydrogen) atoms. The SMILES string of the molecule is CC(C)C1Nc2cc(Cl)c(F)cc2NC1=O. The predicted octanol–water partition coefficient (Wildman–Crippen LogP) is 2.87. The lowest BCUT2D eigenvalue weighted by Gasteiger charge is -2.29. The first-order valence-electron chi connectivity index (χ1n) is 5.05. The maximum atomic E-state index is 13.2. The van der Waals surface area contributed by atoms with E-state index in [4.69, 9.17) is 11.6 Å². The van der Waals surface area contributed by atoms with Gasteiger partial charge in [0.2, 0.25) is 5.91 Å². The molecule has 0 aromatic heterocycles. The van der Waals surface area contributed by atoms with Crippen molar-refractivity contribution in [3.63, 3.8) is 0 Å². The summed E-state index contributed by atoms with van der Waals surface area (Å²) in [6.45, 7) is 3.88. The fourth-order valence-corrected chi connectivity index (χ4v) is 1.85. The summed E-state index contributed by atoms with van der Waals surface area (Å²) in [5, 5.41) is 5.76. The summed E-state index contributed by atoms with van der Waals surface area (Å²) < 4.78 is 13.2. The van der Waals surface area contributed by atoms with Gasteiger partial charge in [-0.15, -0.1) is 0 Å². The maximum absolute atomic E-state index is 13.2. The monoisotopic (exact) mass is 242 g/mol. The number of rotatable bonds is 1. The smallest absolute Gasteiger partial charge is 0.247 e. The Balaban J connectivity index is 2.39. The van der Waals surface area contributed by atoms with Crippen LogP contribution in [0.25, 0.3) is 0 Å². The zero-order chi connectivity index (χ0) is 11.9. The number of anilines is 2. The zero-order valence-corrected chi connectivity index (χ0v) is 9.73. The third-order valence-corrected chi connectivity index (χ3v) is 2.87. The number of nitrogens with one attached hydrogen (secondary N) is 2. The van der Waals surface area contributed by atoms with Crippen molar-refractivity contribution in [2.45, 2.75) is 19.9 Å². The summed E-state index contributed by atoms with van der Waals surface area (Å²) in [4.78, 5) is 11.7. The Morgan fingerprint density at radius 3 is 2.69 bits per heavy atom. The molecule has 2 rings (SSSR count). The van der Waals surface area contributed by atoms with Crippen LogP contribution in [0.1, 0.15) is 13.8 Å². The first-order valence-corrected chi connectivity index (χ1v) is 5.43. The second-order valence-electron chi connectivity index (χ2n) is 4.17. The van der Waals surface area contributed by atoms with Crippen LogP contribution in [-0.2, 0) is 4.79 Å². The highest BCUT2D eigenvalue weighted by Gasteiger charge is 2.28. The van der Waals surface area contributed by atoms with Crippen LogP contribution in [0.15, 0.2) is 12.1 Å². The lowest BCUT2D eigenvalue weighted by Crippen LogP contribution is -2.42. The van der Waals surface area contributed by atoms with Crippen LogP contribution >= 0.6 is 11.6 Å². The van der Waals surface area contributed by atoms with Gasteiger partial charge in [0.15, 0.2) is 0 Å². The molecule has 1 heterocycles. The molecule has 1 aliphatic rings. The van der Waals surface area contributed by atoms with Crippen LogP contribution in [0, 0.1) is 11.7 Å². The Morgan fingerprint density at radius 1 is 1.38 bits per heavy atom. The van der Waals surface area contributed by atoms with E-state index in [0.717, 1.165) is 0 Å². The van der Waals surface area contributed by atoms with Gasteiger partial charge in [-0.05, 0) is 12.0 Å². The molecule has 1 unspecified atom stereocenters. The summed E-state index contributed by atoms with van der Waals surface area (Å²) in [6.07, 6.45) is 0. The van der Waals surface area contributed by atoms with Gasteiger partial charge in [-0.2, -0.15) is 0 Å². The minimum absolute atomic E-state index is 0.0462. The van der Waals surface area contributed by atoms with Crippen LogP contribution in [0.4, 0.5) is 15.8 Å². The van der Waals surface area contributed by atoms with E-state index in [1.54, 1.807) is 0 Å². The van der Waals surface area contributed by atoms with Gasteiger partial charge in [-0.1, -0.05) is 25.4 Å². The molecule has 2 N–H and O–H groups in total. The topological polar surface area (TPSA) is 41.1 Å². The molecule has 1 amide bonds. The molecule has 86 valence electrons. The van der Waals surface area contributed by atoms with E-state index in [1.807, 2.05) is 13.8 Å². The van der Waals surface area contributed by atoms with Crippen molar-refractivity contribution < 1.29 is 9.18 Å². The highest BCUT2D eigenvalue weighted by molar-refractivity contribution is 6.31. The lowest BCUT2D eigenvalue weighted by atomic mass is 10.0. The van der Waals surface area contributed by atoms with E-state index in [1.165, 1.54) is 12.1 Å². The van der Waals surface area contributed by atoms with Crippen LogP contribution in [-0.4, -0.2) is 11.9 Å². The van der Waals surface area contributed by atoms with Gasteiger partial charge in [0.25, 0.3) is 0 Å². The maximum Gasteiger partial charge on any atom is 0.247 e. The van der Waals surface area contributed by atoms with Crippen LogP contribution in [0.5, 0.6) is 0 Å². The summed E-state index contributed by atoms with van der Waals surface area (Å²) >= 11 is 5.68. The molecule has 3 nitrogen and oxygen atoms in total. The molecule has 1 aromatic carbocycles. The molecule has 0 saturated heterocycles. The van der Waals surface area contributed by atoms with Crippen LogP contribution in [0.2, 0.25) is 5.02 Å². The molecular weight excluding hydrogens is 231 g/mol. The van der Waals surface area contributed by atoms with E-state index >= 15 is 0 Å². The molecule has 1 aliphatic heterocycles. The van der Waals surface area contributed by atoms with Crippen molar-refractivity contribution >= 4 is 28.9 Å². The van der Waals surface area contributed by atoms with Crippen molar-refractivity contribution in [2.75, 3.05) is 10.6 Å². The van der Waals surface area contributed by atoms with Gasteiger partial charge < -0.3 is 10.6 Å². The Morgan fingerprint density at radius 2 is 2.06 bits per heavy atom. The van der Waals surface area contributed by atoms with Crippen molar-refractivity contribution in [3.8, 4) is 0 Å². The normalized spacial score (nSPS) is 19.1. The number of benzene rings is 1. The number of hydrogen-bond acceptors (Lipinski definition) is 2. The highest BCUT2D eigenvalue weighted by atomic mass is 35.5. The van der Waals surface area contributed by atoms with Gasteiger partial charge in [0, 0.05) is 6.07 Å². The quantitative estimate of drug-likeness (QED) is 0.795. The molecule has 1 atom stereocenters. The molecule has 0 bridgehead atoms. The first-order chi connectivity index (χ1) is 7.49. The number of halogens is 2. The fourth-order valence-electron chi connectivity index (χ4n) is 1.68. The van der Waals surface area contributed by atoms with E-state index in [9.17, 15) is 9.18 Å². The van der Waals surface area contributed by atoms with Gasteiger partial charge >= 0.3 is 0 Å². The summed E-state index contributed by atoms with van der Waals surface area (Å²) in [7, 11) is 0. The summed E-state index contributed by atoms with van der Waals surface area (Å²) in [6, 6.07) is 2.40. The first kappa shape index (κ1) is 11.2. The minimum Gasteiger partial charge on any atom is -0.372 e. The molecule has 0 fully saturated rings. The summed E-state index contributed by atoms with van der Waals surface area (Å²) in [5.74, 6) is -0.535. The second-order valence-corrected chi connectivity index (χ2v) is 4.57. The third kappa shape index (κ3) is 1.85. The Bertz CT molecular complexity index is 448. The molecule has 0 radical (unpaired) electrons. The predicted molar refractivity (Wildman–Crippen MR) is 62.3 cm³/mol. The van der Waals surface area contributed by atoms with Gasteiger partial charge in [-0.3, -0.25) is 4.79 Å². The van der Waals surface area contributed by atoms with Gasteiger partial charge in [-0.25, -0.2) is 4.39 Å². The molecule has 0 saturated carbocycles. The highest BCUT2D eigenvalue weighted by Crippen LogP contribution is 2.32. The number of carbonyl (C=O) groups excluding carboxylic acids is 1. The minimum atomic E-state index is -0.537. The van der Waals surface area contributed by atoms with Crippen LogP contribution < -0.4 is 10.6 Å². The fraction of sp³-hybridized carbons (Fsp3) is 0.364. The van der Waals surface area contributed by atoms with E-state index in [0.29, 0.717) is 11.4 Å². The number of carbonyl (C=O) groups is 1. The van der Waals surface area contributed by atoms with Crippen molar-refractivity contribution in [2.24, 2.45) is 5.92 Å². The number of fused-ring (bicyclic) bond motifs is 1. The standard InChI is InChI=1S/C11H12ClFN2O/c1-5(2)10-11(16)15-9-4-7(13)6(12)3-8(9)14-10/h3-5,10,14H,1-2H3,(H,15,16). The largest absolute Gasteiger partial charge is 0.372 e. The van der Waals surface area contributed by atoms with E-state index in [-0.39, 0.29) is 22.9 Å². The van der Waals surface area contributed by atoms with E-state index in [2.05, 4.69) is 10.6 Å². The van der Waals surface area contributed by atoms with Crippen molar-refractivity contribution in [3.05, 3.63) is 23.0 Å². The number of hydrogen-bond donors (Lipinski definition) is 2. The lowest BCUT2D eigenvalue weighted by molar-refractivity contribution is -0.117. The molecule has 0 aliphatic carbocycles. The Kier molecular flexibility index (Phi) is 2.76. The zero-order valence-electron chi connectivity index (χ0n) is 8.97. The molecule has 0 spiro atoms. The second kappa shape index (κ2) is 3.94. The Hall–Kier alpha value is -1.29. The Labute approximate surface area is 98.0 Å². The molecule has 1 aromatic rings. The average molecular weight is 243 g/mol. The van der Waals surface area contributed by atoms with Gasteiger partial charge in [0.1, 0.15) is 11.9 Å². The number of amides is 1. The molecular formula is C11H12ClFN2O. The third-order valence-electron chi connectivity index (χ3n) is 2.58. The summed E-state index contributed by atoms with van der Waals surface area (Å²) in [5.41, 5.74) is 1.09. The van der Waals surface area contributed by atoms with Gasteiger partial charge in [0.05, 0.1) is 16.4 Å². The molecule has 5 heteroatoms.